The van der Waals surface area contributed by atoms with Crippen LogP contribution in [0.4, 0.5) is 11.4 Å². The SMILES string of the molecule is CC(C)n1cc(Br)cc1C(=O)Nc1ccccc1N. The molecule has 5 heteroatoms. The molecule has 0 saturated heterocycles. The average molecular weight is 322 g/mol. The Morgan fingerprint density at radius 2 is 2.05 bits per heavy atom. The van der Waals surface area contributed by atoms with Crippen molar-refractivity contribution < 1.29 is 4.79 Å². The van der Waals surface area contributed by atoms with Gasteiger partial charge < -0.3 is 15.6 Å². The molecule has 0 spiro atoms. The van der Waals surface area contributed by atoms with Crippen LogP contribution < -0.4 is 11.1 Å². The van der Waals surface area contributed by atoms with Gasteiger partial charge in [-0.25, -0.2) is 0 Å². The van der Waals surface area contributed by atoms with Gasteiger partial charge in [-0.1, -0.05) is 12.1 Å². The number of halogens is 1. The number of benzene rings is 1. The Labute approximate surface area is 120 Å². The first-order valence-corrected chi connectivity index (χ1v) is 6.81. The average Bonchev–Trinajstić information content (AvgIpc) is 2.74. The summed E-state index contributed by atoms with van der Waals surface area (Å²) in [4.78, 5) is 12.3. The number of hydrogen-bond acceptors (Lipinski definition) is 2. The number of nitrogens with two attached hydrogens (primary N) is 1. The molecule has 1 amide bonds. The predicted molar refractivity (Wildman–Crippen MR) is 81.3 cm³/mol. The monoisotopic (exact) mass is 321 g/mol. The van der Waals surface area contributed by atoms with Crippen LogP contribution in [0.25, 0.3) is 0 Å². The summed E-state index contributed by atoms with van der Waals surface area (Å²) < 4.78 is 2.80. The summed E-state index contributed by atoms with van der Waals surface area (Å²) in [5.41, 5.74) is 7.60. The van der Waals surface area contributed by atoms with E-state index in [4.69, 9.17) is 5.73 Å². The third-order valence-electron chi connectivity index (χ3n) is 2.81. The molecule has 0 bridgehead atoms. The van der Waals surface area contributed by atoms with E-state index in [2.05, 4.69) is 21.2 Å². The van der Waals surface area contributed by atoms with Gasteiger partial charge in [-0.2, -0.15) is 0 Å². The van der Waals surface area contributed by atoms with Gasteiger partial charge in [0, 0.05) is 16.7 Å². The van der Waals surface area contributed by atoms with Gasteiger partial charge in [0.1, 0.15) is 5.69 Å². The topological polar surface area (TPSA) is 60.0 Å². The van der Waals surface area contributed by atoms with Gasteiger partial charge in [0.25, 0.3) is 5.91 Å². The van der Waals surface area contributed by atoms with Crippen molar-refractivity contribution in [3.05, 3.63) is 46.7 Å². The summed E-state index contributed by atoms with van der Waals surface area (Å²) in [7, 11) is 0. The van der Waals surface area contributed by atoms with E-state index in [1.807, 2.05) is 36.7 Å². The van der Waals surface area contributed by atoms with Crippen LogP contribution in [0.1, 0.15) is 30.4 Å². The number of carbonyl (C=O) groups excluding carboxylic acids is 1. The lowest BCUT2D eigenvalue weighted by Crippen LogP contribution is -2.18. The minimum atomic E-state index is -0.169. The zero-order chi connectivity index (χ0) is 14.0. The lowest BCUT2D eigenvalue weighted by Gasteiger charge is -2.13. The minimum Gasteiger partial charge on any atom is -0.397 e. The highest BCUT2D eigenvalue weighted by atomic mass is 79.9. The molecule has 100 valence electrons. The van der Waals surface area contributed by atoms with E-state index in [0.717, 1.165) is 4.47 Å². The second-order valence-corrected chi connectivity index (χ2v) is 5.50. The second-order valence-electron chi connectivity index (χ2n) is 4.59. The maximum absolute atomic E-state index is 12.3. The number of para-hydroxylation sites is 2. The van der Waals surface area contributed by atoms with Crippen molar-refractivity contribution in [1.29, 1.82) is 0 Å². The molecule has 0 saturated carbocycles. The van der Waals surface area contributed by atoms with Gasteiger partial charge in [-0.15, -0.1) is 0 Å². The van der Waals surface area contributed by atoms with Crippen molar-refractivity contribution in [2.24, 2.45) is 0 Å². The number of hydrogen-bond donors (Lipinski definition) is 2. The number of carbonyl (C=O) groups is 1. The molecule has 1 heterocycles. The summed E-state index contributed by atoms with van der Waals surface area (Å²) in [6, 6.07) is 9.22. The molecule has 4 nitrogen and oxygen atoms in total. The van der Waals surface area contributed by atoms with Crippen LogP contribution in [0, 0.1) is 0 Å². The van der Waals surface area contributed by atoms with Crippen molar-refractivity contribution in [3.63, 3.8) is 0 Å². The lowest BCUT2D eigenvalue weighted by molar-refractivity contribution is 0.101. The molecular weight excluding hydrogens is 306 g/mol. The van der Waals surface area contributed by atoms with Crippen molar-refractivity contribution in [1.82, 2.24) is 4.57 Å². The molecule has 2 aromatic rings. The zero-order valence-electron chi connectivity index (χ0n) is 10.9. The minimum absolute atomic E-state index is 0.169. The van der Waals surface area contributed by atoms with Crippen LogP contribution >= 0.6 is 15.9 Å². The van der Waals surface area contributed by atoms with E-state index in [9.17, 15) is 4.79 Å². The Balaban J connectivity index is 2.28. The summed E-state index contributed by atoms with van der Waals surface area (Å²) >= 11 is 3.39. The fourth-order valence-corrected chi connectivity index (χ4v) is 2.29. The first-order chi connectivity index (χ1) is 8.99. The molecule has 0 atom stereocenters. The first kappa shape index (κ1) is 13.7. The van der Waals surface area contributed by atoms with Crippen molar-refractivity contribution in [2.75, 3.05) is 11.1 Å². The van der Waals surface area contributed by atoms with Gasteiger partial charge in [0.05, 0.1) is 11.4 Å². The first-order valence-electron chi connectivity index (χ1n) is 6.02. The van der Waals surface area contributed by atoms with E-state index in [1.165, 1.54) is 0 Å². The smallest absolute Gasteiger partial charge is 0.272 e. The molecular formula is C14H16BrN3O. The van der Waals surface area contributed by atoms with Crippen molar-refractivity contribution >= 4 is 33.2 Å². The Morgan fingerprint density at radius 3 is 2.68 bits per heavy atom. The largest absolute Gasteiger partial charge is 0.397 e. The molecule has 19 heavy (non-hydrogen) atoms. The van der Waals surface area contributed by atoms with Gasteiger partial charge in [-0.3, -0.25) is 4.79 Å². The van der Waals surface area contributed by atoms with Crippen LogP contribution in [-0.2, 0) is 0 Å². The summed E-state index contributed by atoms with van der Waals surface area (Å²) in [5.74, 6) is -0.169. The molecule has 0 aliphatic carbocycles. The fraction of sp³-hybridized carbons (Fsp3) is 0.214. The number of rotatable bonds is 3. The molecule has 0 aliphatic rings. The van der Waals surface area contributed by atoms with E-state index < -0.39 is 0 Å². The van der Waals surface area contributed by atoms with E-state index in [0.29, 0.717) is 17.1 Å². The van der Waals surface area contributed by atoms with Gasteiger partial charge in [-0.05, 0) is 48.0 Å². The zero-order valence-corrected chi connectivity index (χ0v) is 12.4. The maximum atomic E-state index is 12.3. The Kier molecular flexibility index (Phi) is 3.95. The fourth-order valence-electron chi connectivity index (χ4n) is 1.85. The number of nitrogen functional groups attached to an aromatic ring is 1. The Morgan fingerprint density at radius 1 is 1.37 bits per heavy atom. The third kappa shape index (κ3) is 2.98. The Bertz CT molecular complexity index is 604. The molecule has 1 aromatic heterocycles. The highest BCUT2D eigenvalue weighted by Crippen LogP contribution is 2.22. The van der Waals surface area contributed by atoms with Crippen molar-refractivity contribution in [2.45, 2.75) is 19.9 Å². The van der Waals surface area contributed by atoms with Crippen LogP contribution in [0.15, 0.2) is 41.0 Å². The highest BCUT2D eigenvalue weighted by molar-refractivity contribution is 9.10. The third-order valence-corrected chi connectivity index (χ3v) is 3.25. The number of aromatic nitrogens is 1. The van der Waals surface area contributed by atoms with Crippen LogP contribution in [-0.4, -0.2) is 10.5 Å². The number of anilines is 2. The van der Waals surface area contributed by atoms with Crippen LogP contribution in [0.5, 0.6) is 0 Å². The molecule has 3 N–H and O–H groups in total. The van der Waals surface area contributed by atoms with Gasteiger partial charge >= 0.3 is 0 Å². The van der Waals surface area contributed by atoms with Crippen molar-refractivity contribution in [3.8, 4) is 0 Å². The molecule has 0 aliphatic heterocycles. The second kappa shape index (κ2) is 5.48. The summed E-state index contributed by atoms with van der Waals surface area (Å²) in [6.45, 7) is 4.06. The van der Waals surface area contributed by atoms with Crippen LogP contribution in [0.2, 0.25) is 0 Å². The normalized spacial score (nSPS) is 10.7. The van der Waals surface area contributed by atoms with Gasteiger partial charge in [0.15, 0.2) is 0 Å². The maximum Gasteiger partial charge on any atom is 0.272 e. The van der Waals surface area contributed by atoms with E-state index in [-0.39, 0.29) is 11.9 Å². The molecule has 0 radical (unpaired) electrons. The van der Waals surface area contributed by atoms with E-state index in [1.54, 1.807) is 18.2 Å². The summed E-state index contributed by atoms with van der Waals surface area (Å²) in [6.07, 6.45) is 1.90. The van der Waals surface area contributed by atoms with Crippen LogP contribution in [0.3, 0.4) is 0 Å². The quantitative estimate of drug-likeness (QED) is 0.847. The molecule has 0 unspecified atom stereocenters. The lowest BCUT2D eigenvalue weighted by atomic mass is 10.2. The predicted octanol–water partition coefficient (Wildman–Crippen LogP) is 3.67. The number of amides is 1. The summed E-state index contributed by atoms with van der Waals surface area (Å²) in [5, 5.41) is 2.83. The van der Waals surface area contributed by atoms with Gasteiger partial charge in [0.2, 0.25) is 0 Å². The Hall–Kier alpha value is -1.75. The molecule has 2 rings (SSSR count). The molecule has 0 fully saturated rings. The molecule has 1 aromatic carbocycles. The number of nitrogens with zero attached hydrogens (tertiary/aromatic N) is 1. The highest BCUT2D eigenvalue weighted by Gasteiger charge is 2.15. The standard InChI is InChI=1S/C14H16BrN3O/c1-9(2)18-8-10(15)7-13(18)14(19)17-12-6-4-3-5-11(12)16/h3-9H,16H2,1-2H3,(H,17,19). The van der Waals surface area contributed by atoms with E-state index >= 15 is 0 Å². The number of nitrogens with one attached hydrogen (secondary N) is 1.